The molecule has 5 saturated heterocycles. The summed E-state index contributed by atoms with van der Waals surface area (Å²) in [5, 5.41) is 53.8. The highest BCUT2D eigenvalue weighted by atomic mass is 79.9. The first-order valence-corrected chi connectivity index (χ1v) is 54.5. The number of amides is 3. The molecule has 0 saturated carbocycles. The van der Waals surface area contributed by atoms with Crippen molar-refractivity contribution in [3.05, 3.63) is 197 Å². The molecule has 3 amide bonds. The number of nitrogens with zero attached hydrogens (tertiary/aromatic N) is 3. The molecule has 5 aliphatic carbocycles. The zero-order valence-corrected chi connectivity index (χ0v) is 93.5. The van der Waals surface area contributed by atoms with Gasteiger partial charge in [0, 0.05) is 138 Å². The smallest absolute Gasteiger partial charge is 0.457 e. The van der Waals surface area contributed by atoms with Crippen LogP contribution in [0.3, 0.4) is 0 Å². The van der Waals surface area contributed by atoms with Gasteiger partial charge in [0.05, 0.1) is 17.3 Å². The number of hydrogen-bond acceptors (Lipinski definition) is 17. The fourth-order valence-corrected chi connectivity index (χ4v) is 25.1. The summed E-state index contributed by atoms with van der Waals surface area (Å²) in [7, 11) is -1.59. The summed E-state index contributed by atoms with van der Waals surface area (Å²) < 4.78 is 12.4. The number of halogens is 7. The Balaban J connectivity index is 0.000000199. The van der Waals surface area contributed by atoms with Gasteiger partial charge in [-0.25, -0.2) is 0 Å². The molecule has 10 N–H and O–H groups in total. The number of carbonyl (C=O) groups excluding carboxylic acids is 6. The summed E-state index contributed by atoms with van der Waals surface area (Å²) in [6, 6.07) is 31.4. The number of hydrogen-bond donors (Lipinski definition) is 9. The highest BCUT2D eigenvalue weighted by molar-refractivity contribution is 9.09. The molecule has 142 heavy (non-hydrogen) atoms. The van der Waals surface area contributed by atoms with Gasteiger partial charge in [-0.1, -0.05) is 204 Å². The van der Waals surface area contributed by atoms with E-state index in [0.29, 0.717) is 93.7 Å². The molecule has 5 aromatic carbocycles. The lowest BCUT2D eigenvalue weighted by atomic mass is 9.71. The molecule has 0 aromatic heterocycles. The van der Waals surface area contributed by atoms with E-state index >= 15 is 0 Å². The molecule has 13 unspecified atom stereocenters. The van der Waals surface area contributed by atoms with E-state index in [2.05, 4.69) is 198 Å². The van der Waals surface area contributed by atoms with E-state index in [1.807, 2.05) is 60.7 Å². The number of aryl methyl sites for hydroxylation is 5. The minimum atomic E-state index is -1.35. The van der Waals surface area contributed by atoms with Crippen LogP contribution in [-0.2, 0) is 75.0 Å². The summed E-state index contributed by atoms with van der Waals surface area (Å²) in [4.78, 5) is 97.5. The number of ketones is 3. The van der Waals surface area contributed by atoms with Gasteiger partial charge in [-0.15, -0.1) is 25.6 Å². The Hall–Kier alpha value is -5.58. The van der Waals surface area contributed by atoms with E-state index < -0.39 is 35.2 Å². The molecule has 5 heterocycles. The number of rotatable bonds is 33. The van der Waals surface area contributed by atoms with Crippen molar-refractivity contribution in [1.29, 1.82) is 0 Å². The Morgan fingerprint density at radius 2 is 0.824 bits per heavy atom. The van der Waals surface area contributed by atoms with E-state index in [-0.39, 0.29) is 118 Å². The normalized spacial score (nSPS) is 23.5. The van der Waals surface area contributed by atoms with E-state index in [1.165, 1.54) is 70.3 Å². The number of alkyl halides is 1. The van der Waals surface area contributed by atoms with Crippen molar-refractivity contribution in [2.45, 2.75) is 359 Å². The van der Waals surface area contributed by atoms with Crippen molar-refractivity contribution in [3.63, 3.8) is 0 Å². The number of aliphatic hydroxyl groups excluding tert-OH is 1. The molecule has 5 aromatic rings. The third kappa shape index (κ3) is 32.0. The van der Waals surface area contributed by atoms with Crippen LogP contribution >= 0.6 is 86.3 Å². The van der Waals surface area contributed by atoms with Crippen LogP contribution in [0.4, 0.5) is 0 Å². The number of carbonyl (C=O) groups is 7. The third-order valence-corrected chi connectivity index (χ3v) is 33.2. The lowest BCUT2D eigenvalue weighted by Crippen LogP contribution is -2.60. The second-order valence-corrected chi connectivity index (χ2v) is 49.5. The summed E-state index contributed by atoms with van der Waals surface area (Å²) in [6.45, 7) is 45.9. The van der Waals surface area contributed by atoms with Crippen LogP contribution < -0.4 is 27.0 Å². The number of aliphatic carboxylic acids is 1. The van der Waals surface area contributed by atoms with E-state index in [4.69, 9.17) is 83.1 Å². The average molecular weight is 2140 g/mol. The number of nitrogens with one attached hydrogen (secondary N) is 4. The first kappa shape index (κ1) is 120. The molecule has 15 rings (SSSR count). The van der Waals surface area contributed by atoms with Crippen LogP contribution in [0.5, 0.6) is 0 Å². The maximum atomic E-state index is 14.2. The molecular formula is C112H163B2BrCl6N8O13. The Bertz CT molecular complexity index is 5070. The molecule has 5 fully saturated rings. The van der Waals surface area contributed by atoms with Gasteiger partial charge in [-0.3, -0.25) is 48.3 Å². The largest absolute Gasteiger partial charge is 0.480 e. The number of likely N-dealkylation sites (tertiary alicyclic amines) is 3. The highest BCUT2D eigenvalue weighted by Crippen LogP contribution is 2.50. The van der Waals surface area contributed by atoms with Crippen molar-refractivity contribution in [2.75, 3.05) is 52.4 Å². The summed E-state index contributed by atoms with van der Waals surface area (Å²) in [6.07, 6.45) is 26.2. The number of Topliss-reactive ketones (excluding diaryl/α,β-unsaturated/α-hetero) is 3. The molecule has 30 heteroatoms. The second-order valence-electron chi connectivity index (χ2n) is 46.2. The van der Waals surface area contributed by atoms with E-state index in [0.717, 1.165) is 186 Å². The number of carboxylic acids is 1. The quantitative estimate of drug-likeness (QED) is 0.00816. The van der Waals surface area contributed by atoms with E-state index in [9.17, 15) is 43.8 Å². The lowest BCUT2D eigenvalue weighted by molar-refractivity contribution is -0.146. The topological polar surface area (TPSA) is 303 Å². The standard InChI is InChI=1S/C32H50BClN2O4.C26H37ClN2O2.C19H28BClN2O4.C17H30N2O2.C9H8BrCl.C9H9ClO.ClH/c1-22(37)35-32(28(38)20-29(2,3)4,16-9-10-17-33-39-30(5,6)31(7,8)40-33)24-15-18-36(21-24)27-14-11-23-19-25(34)12-13-26(23)27;1-6-7-13-26(28-18(2)30,24(31)16-25(3,4)5)20-12-14-29(17-20)23-11-8-19-15-21(27)9-10-22(19)23;21-15-4-5-16-13(11-15)3-6-17(16)23-10-7-14(12-23)19(22,18(24)25)8-1-2-9-20(26)27;1-6-7-9-17(19-13(2)20,14-8-10-18-12-14)15(21)11-16(3,4)5;10-9-4-1-6-5-7(11)2-3-8(6)9;10-7-2-3-8-6(5-7)1-4-9(8)11;/h12-13,19,24,27H,9-11,14-18,20-21H2,1-8H3,(H,35,37);6,9-10,15,20,23H,1,7-8,11-14,16-17H2,2-5H3,(H,28,30);4-5,11,14,17,26-27H,1-3,6-10,12,22H2,(H,24,25);6,14,18H,1,7-12H2,2-5H3,(H,19,20);2-3,5,9H,1,4H2;2-3,5,9,11H,1,4H2;1H. The summed E-state index contributed by atoms with van der Waals surface area (Å²) in [5.74, 6) is -0.660. The van der Waals surface area contributed by atoms with Crippen molar-refractivity contribution >= 4 is 142 Å². The lowest BCUT2D eigenvalue weighted by Gasteiger charge is -2.40. The Morgan fingerprint density at radius 3 is 1.19 bits per heavy atom. The summed E-state index contributed by atoms with van der Waals surface area (Å²) in [5.41, 5.74) is 14.6. The molecule has 10 aliphatic rings. The fourth-order valence-electron chi connectivity index (χ4n) is 23.4. The van der Waals surface area contributed by atoms with Crippen molar-refractivity contribution in [1.82, 2.24) is 36.0 Å². The number of benzene rings is 5. The van der Waals surface area contributed by atoms with Crippen molar-refractivity contribution < 1.29 is 63.1 Å². The maximum Gasteiger partial charge on any atom is 0.457 e. The predicted octanol–water partition coefficient (Wildman–Crippen LogP) is 23.3. The Labute approximate surface area is 888 Å². The molecular weight excluding hydrogens is 1980 g/mol. The van der Waals surface area contributed by atoms with Gasteiger partial charge in [0.25, 0.3) is 0 Å². The number of carboxylic acid groups (broad SMARTS) is 1. The average Bonchev–Trinajstić information content (AvgIpc) is 1.57. The number of unbranched alkanes of at least 4 members (excludes halogenated alkanes) is 2. The van der Waals surface area contributed by atoms with Crippen molar-refractivity contribution in [2.24, 2.45) is 45.7 Å². The van der Waals surface area contributed by atoms with Crippen LogP contribution in [-0.4, -0.2) is 176 Å². The van der Waals surface area contributed by atoms with Gasteiger partial charge in [0.1, 0.15) is 22.2 Å². The van der Waals surface area contributed by atoms with Crippen LogP contribution in [0.2, 0.25) is 37.8 Å². The molecule has 21 nitrogen and oxygen atoms in total. The molecule has 0 radical (unpaired) electrons. The Morgan fingerprint density at radius 1 is 0.486 bits per heavy atom. The maximum absolute atomic E-state index is 14.2. The summed E-state index contributed by atoms with van der Waals surface area (Å²) >= 11 is 33.8. The first-order valence-electron chi connectivity index (χ1n) is 51.7. The number of fused-ring (bicyclic) bond motifs is 5. The fraction of sp³-hybridized carbons (Fsp3) is 0.634. The minimum absolute atomic E-state index is 0. The molecule has 784 valence electrons. The third-order valence-electron chi connectivity index (χ3n) is 31.1. The zero-order chi connectivity index (χ0) is 104. The molecule has 0 spiro atoms. The molecule has 13 atom stereocenters. The van der Waals surface area contributed by atoms with E-state index in [1.54, 1.807) is 6.92 Å². The first-order chi connectivity index (χ1) is 66.1. The van der Waals surface area contributed by atoms with Gasteiger partial charge in [0.15, 0.2) is 17.3 Å². The van der Waals surface area contributed by atoms with Crippen LogP contribution in [0, 0.1) is 39.9 Å². The van der Waals surface area contributed by atoms with Gasteiger partial charge in [-0.2, -0.15) is 0 Å². The highest BCUT2D eigenvalue weighted by Gasteiger charge is 2.55. The molecule has 0 bridgehead atoms. The number of allylic oxidation sites excluding steroid dienone is 2. The van der Waals surface area contributed by atoms with Gasteiger partial charge in [0.2, 0.25) is 17.7 Å². The predicted molar refractivity (Wildman–Crippen MR) is 585 cm³/mol. The molecule has 5 aliphatic heterocycles. The van der Waals surface area contributed by atoms with Crippen molar-refractivity contribution in [3.8, 4) is 0 Å². The number of aliphatic hydroxyl groups is 1. The van der Waals surface area contributed by atoms with Gasteiger partial charge in [-0.05, 0) is 327 Å². The SMILES string of the molecule is C=CCCC(NC(C)=O)(C(=O)CC(C)(C)C)C1CCN(C2CCc3cc(Cl)ccc32)C1.C=CCCC(NC(C)=O)(C(=O)CC(C)(C)C)C1CCNC1.CC(=O)NC(CCCCB1OC(C)(C)C(C)(C)O1)(C(=O)CC(C)(C)C)C1CCN(C2CCc3cc(Cl)ccc32)C1.Cl.Clc1ccc2c(c1)CCC2Br.NC(CCCCB(O)O)(C(=O)O)C1CCN(C2CCc3cc(Cl)ccc32)C1.OC1CCc2cc(Cl)ccc21. The van der Waals surface area contributed by atoms with Crippen LogP contribution in [0.1, 0.15) is 337 Å². The zero-order valence-electron chi connectivity index (χ0n) is 87.3. The van der Waals surface area contributed by atoms with Crippen LogP contribution in [0.25, 0.3) is 0 Å². The Kier molecular flexibility index (Phi) is 44.1. The second kappa shape index (κ2) is 52.2. The minimum Gasteiger partial charge on any atom is -0.480 e. The van der Waals surface area contributed by atoms with Gasteiger partial charge >= 0.3 is 20.2 Å². The number of nitrogens with two attached hydrogens (primary N) is 1. The monoisotopic (exact) mass is 2140 g/mol. The van der Waals surface area contributed by atoms with Gasteiger partial charge < -0.3 is 56.6 Å². The van der Waals surface area contributed by atoms with Crippen LogP contribution in [0.15, 0.2) is 116 Å².